The third-order valence-corrected chi connectivity index (χ3v) is 5.34. The first-order valence-corrected chi connectivity index (χ1v) is 9.45. The van der Waals surface area contributed by atoms with E-state index in [1.54, 1.807) is 0 Å². The number of aliphatic hydroxyl groups excluding tert-OH is 2. The smallest absolute Gasteiger partial charge is 0.135 e. The molecule has 5 aromatic rings. The molecule has 3 aromatic carbocycles. The Labute approximate surface area is 162 Å². The van der Waals surface area contributed by atoms with Gasteiger partial charge in [0.2, 0.25) is 0 Å². The molecule has 0 aliphatic carbocycles. The van der Waals surface area contributed by atoms with Gasteiger partial charge >= 0.3 is 0 Å². The fourth-order valence-electron chi connectivity index (χ4n) is 4.13. The lowest BCUT2D eigenvalue weighted by atomic mass is 10.2. The molecule has 2 aromatic heterocycles. The van der Waals surface area contributed by atoms with E-state index in [2.05, 4.69) is 33.8 Å². The molecule has 0 bridgehead atoms. The first-order chi connectivity index (χ1) is 13.8. The second-order valence-corrected chi connectivity index (χ2v) is 7.08. The zero-order chi connectivity index (χ0) is 19.1. The number of aliphatic hydroxyl groups is 2. The lowest BCUT2D eigenvalue weighted by Gasteiger charge is -2.16. The molecule has 5 rings (SSSR count). The third kappa shape index (κ3) is 2.68. The van der Waals surface area contributed by atoms with E-state index in [4.69, 9.17) is 0 Å². The van der Waals surface area contributed by atoms with E-state index in [0.717, 1.165) is 22.1 Å². The molecule has 0 radical (unpaired) electrons. The quantitative estimate of drug-likeness (QED) is 0.495. The van der Waals surface area contributed by atoms with Crippen LogP contribution in [0.25, 0.3) is 32.8 Å². The lowest BCUT2D eigenvalue weighted by Crippen LogP contribution is -2.23. The second-order valence-electron chi connectivity index (χ2n) is 7.08. The summed E-state index contributed by atoms with van der Waals surface area (Å²) in [6.07, 6.45) is -0.623. The van der Waals surface area contributed by atoms with Crippen molar-refractivity contribution >= 4 is 32.8 Å². The van der Waals surface area contributed by atoms with Crippen LogP contribution in [0.2, 0.25) is 0 Å². The maximum Gasteiger partial charge on any atom is 0.135 e. The van der Waals surface area contributed by atoms with Crippen LogP contribution in [-0.2, 0) is 19.7 Å². The maximum absolute atomic E-state index is 10.9. The minimum atomic E-state index is -0.623. The van der Waals surface area contributed by atoms with E-state index >= 15 is 0 Å². The Bertz CT molecular complexity index is 1230. The zero-order valence-electron chi connectivity index (χ0n) is 15.4. The van der Waals surface area contributed by atoms with E-state index in [-0.39, 0.29) is 6.61 Å². The Hall–Kier alpha value is -3.15. The molecule has 1 unspecified atom stereocenters. The third-order valence-electron chi connectivity index (χ3n) is 5.34. The van der Waals surface area contributed by atoms with Gasteiger partial charge in [-0.25, -0.2) is 4.98 Å². The van der Waals surface area contributed by atoms with Crippen LogP contribution in [0.15, 0.2) is 72.8 Å². The highest BCUT2D eigenvalue weighted by Gasteiger charge is 2.17. The van der Waals surface area contributed by atoms with Crippen LogP contribution < -0.4 is 0 Å². The summed E-state index contributed by atoms with van der Waals surface area (Å²) < 4.78 is 4.08. The van der Waals surface area contributed by atoms with Gasteiger partial charge in [-0.2, -0.15) is 0 Å². The Morgan fingerprint density at radius 3 is 1.89 bits per heavy atom. The van der Waals surface area contributed by atoms with Crippen LogP contribution in [0.4, 0.5) is 0 Å². The molecule has 0 fully saturated rings. The Kier molecular flexibility index (Phi) is 4.11. The summed E-state index contributed by atoms with van der Waals surface area (Å²) in [6.45, 7) is 0.680. The van der Waals surface area contributed by atoms with Crippen LogP contribution in [0.1, 0.15) is 5.82 Å². The van der Waals surface area contributed by atoms with Crippen molar-refractivity contribution in [3.05, 3.63) is 78.6 Å². The van der Waals surface area contributed by atoms with Crippen molar-refractivity contribution in [2.75, 3.05) is 0 Å². The molecule has 2 N–H and O–H groups in total. The minimum absolute atomic E-state index is 0.156. The molecule has 0 aliphatic rings. The Balaban J connectivity index is 1.54. The van der Waals surface area contributed by atoms with Gasteiger partial charge in [0, 0.05) is 21.8 Å². The molecule has 1 atom stereocenters. The van der Waals surface area contributed by atoms with Gasteiger partial charge in [0.1, 0.15) is 12.4 Å². The molecule has 140 valence electrons. The Morgan fingerprint density at radius 1 is 0.714 bits per heavy atom. The maximum atomic E-state index is 10.9. The topological polar surface area (TPSA) is 63.2 Å². The number of rotatable bonds is 5. The van der Waals surface area contributed by atoms with Crippen LogP contribution >= 0.6 is 0 Å². The van der Waals surface area contributed by atoms with Gasteiger partial charge in [0.25, 0.3) is 0 Å². The molecule has 0 spiro atoms. The highest BCUT2D eigenvalue weighted by Crippen LogP contribution is 2.29. The van der Waals surface area contributed by atoms with Crippen molar-refractivity contribution in [3.8, 4) is 0 Å². The molecular weight excluding hydrogens is 350 g/mol. The van der Waals surface area contributed by atoms with Gasteiger partial charge in [-0.3, -0.25) is 0 Å². The molecular formula is C23H21N3O2. The monoisotopic (exact) mass is 371 g/mol. The van der Waals surface area contributed by atoms with Crippen LogP contribution in [0.5, 0.6) is 0 Å². The number of aromatic nitrogens is 3. The fraction of sp³-hybridized carbons (Fsp3) is 0.174. The number of hydrogen-bond donors (Lipinski definition) is 2. The predicted molar refractivity (Wildman–Crippen MR) is 111 cm³/mol. The van der Waals surface area contributed by atoms with E-state index in [0.29, 0.717) is 18.9 Å². The van der Waals surface area contributed by atoms with Crippen molar-refractivity contribution in [1.82, 2.24) is 14.1 Å². The van der Waals surface area contributed by atoms with Gasteiger partial charge in [-0.15, -0.1) is 0 Å². The summed E-state index contributed by atoms with van der Waals surface area (Å²) in [5, 5.41) is 23.0. The molecule has 5 heteroatoms. The molecule has 0 saturated carbocycles. The first kappa shape index (κ1) is 17.0. The average Bonchev–Trinajstić information content (AvgIpc) is 3.25. The van der Waals surface area contributed by atoms with Gasteiger partial charge in [-0.05, 0) is 24.3 Å². The Morgan fingerprint density at radius 2 is 1.25 bits per heavy atom. The van der Waals surface area contributed by atoms with Crippen molar-refractivity contribution in [1.29, 1.82) is 0 Å². The molecule has 0 amide bonds. The molecule has 28 heavy (non-hydrogen) atoms. The van der Waals surface area contributed by atoms with Crippen molar-refractivity contribution in [2.24, 2.45) is 0 Å². The lowest BCUT2D eigenvalue weighted by molar-refractivity contribution is 0.135. The molecule has 5 nitrogen and oxygen atoms in total. The van der Waals surface area contributed by atoms with Crippen LogP contribution in [-0.4, -0.2) is 30.4 Å². The summed E-state index contributed by atoms with van der Waals surface area (Å²) in [5.74, 6) is 0.572. The first-order valence-electron chi connectivity index (χ1n) is 9.45. The van der Waals surface area contributed by atoms with Gasteiger partial charge in [-0.1, -0.05) is 48.5 Å². The molecule has 0 saturated heterocycles. The van der Waals surface area contributed by atoms with E-state index in [1.807, 2.05) is 53.1 Å². The largest absolute Gasteiger partial charge is 0.389 e. The summed E-state index contributed by atoms with van der Waals surface area (Å²) >= 11 is 0. The number of imidazole rings is 1. The van der Waals surface area contributed by atoms with Crippen LogP contribution in [0.3, 0.4) is 0 Å². The molecule has 0 aliphatic heterocycles. The average molecular weight is 371 g/mol. The number of nitrogens with zero attached hydrogens (tertiary/aromatic N) is 3. The van der Waals surface area contributed by atoms with Crippen molar-refractivity contribution < 1.29 is 10.2 Å². The minimum Gasteiger partial charge on any atom is -0.389 e. The second kappa shape index (κ2) is 6.78. The fourth-order valence-corrected chi connectivity index (χ4v) is 4.13. The number of benzene rings is 3. The van der Waals surface area contributed by atoms with E-state index < -0.39 is 6.10 Å². The van der Waals surface area contributed by atoms with Gasteiger partial charge in [0.15, 0.2) is 0 Å². The summed E-state index contributed by atoms with van der Waals surface area (Å²) in [7, 11) is 0. The summed E-state index contributed by atoms with van der Waals surface area (Å²) in [4.78, 5) is 4.48. The predicted octanol–water partition coefficient (Wildman–Crippen LogP) is 3.70. The summed E-state index contributed by atoms with van der Waals surface area (Å²) in [5.41, 5.74) is 3.98. The highest BCUT2D eigenvalue weighted by molar-refractivity contribution is 6.07. The normalized spacial score (nSPS) is 12.9. The van der Waals surface area contributed by atoms with E-state index in [1.165, 1.54) is 10.8 Å². The zero-order valence-corrected chi connectivity index (χ0v) is 15.4. The SMILES string of the molecule is OCc1nc2ccccc2n1CC(O)Cn1c2ccccc2c2ccccc21. The van der Waals surface area contributed by atoms with Crippen molar-refractivity contribution in [3.63, 3.8) is 0 Å². The van der Waals surface area contributed by atoms with E-state index in [9.17, 15) is 10.2 Å². The summed E-state index contributed by atoms with van der Waals surface area (Å²) in [6, 6.07) is 24.3. The van der Waals surface area contributed by atoms with Gasteiger partial charge < -0.3 is 19.3 Å². The number of para-hydroxylation sites is 4. The van der Waals surface area contributed by atoms with Gasteiger partial charge in [0.05, 0.1) is 30.2 Å². The van der Waals surface area contributed by atoms with Crippen molar-refractivity contribution in [2.45, 2.75) is 25.8 Å². The number of fused-ring (bicyclic) bond motifs is 4. The standard InChI is InChI=1S/C23H21N3O2/c27-15-23-24-19-9-3-6-12-22(19)26(23)14-16(28)13-25-20-10-4-1-7-17(20)18-8-2-5-11-21(18)25/h1-12,16,27-28H,13-15H2. The van der Waals surface area contributed by atoms with Crippen LogP contribution in [0, 0.1) is 0 Å². The number of hydrogen-bond acceptors (Lipinski definition) is 3. The molecule has 2 heterocycles. The highest BCUT2D eigenvalue weighted by atomic mass is 16.3.